The van der Waals surface area contributed by atoms with E-state index in [1.807, 2.05) is 0 Å². The molecule has 3 atom stereocenters. The summed E-state index contributed by atoms with van der Waals surface area (Å²) in [4.78, 5) is 0. The van der Waals surface area contributed by atoms with Crippen LogP contribution in [0.5, 0.6) is 0 Å². The number of aryl methyl sites for hydroxylation is 2. The van der Waals surface area contributed by atoms with Crippen molar-refractivity contribution in [2.45, 2.75) is 57.2 Å². The predicted octanol–water partition coefficient (Wildman–Crippen LogP) is 3.02. The number of halogens is 2. The summed E-state index contributed by atoms with van der Waals surface area (Å²) in [5, 5.41) is 14.1. The highest BCUT2D eigenvalue weighted by Gasteiger charge is 2.26. The Morgan fingerprint density at radius 2 is 1.84 bits per heavy atom. The van der Waals surface area contributed by atoms with E-state index in [-0.39, 0.29) is 24.6 Å². The van der Waals surface area contributed by atoms with Gasteiger partial charge in [-0.15, -0.1) is 0 Å². The van der Waals surface area contributed by atoms with Gasteiger partial charge in [-0.3, -0.25) is 0 Å². The Balaban J connectivity index is 1.73. The molecule has 0 saturated heterocycles. The molecule has 0 amide bonds. The van der Waals surface area contributed by atoms with Gasteiger partial charge in [-0.2, -0.15) is 0 Å². The minimum absolute atomic E-state index is 0.0359. The fourth-order valence-electron chi connectivity index (χ4n) is 4.20. The van der Waals surface area contributed by atoms with E-state index in [0.29, 0.717) is 0 Å². The van der Waals surface area contributed by atoms with Gasteiger partial charge in [0.1, 0.15) is 11.6 Å². The molecule has 0 saturated carbocycles. The van der Waals surface area contributed by atoms with E-state index < -0.39 is 33.8 Å². The number of nitrogens with one attached hydrogen (secondary N) is 2. The third kappa shape index (κ3) is 6.80. The maximum atomic E-state index is 13.6. The smallest absolute Gasteiger partial charge is 0.209 e. The van der Waals surface area contributed by atoms with Crippen molar-refractivity contribution in [2.24, 2.45) is 0 Å². The molecule has 0 fully saturated rings. The van der Waals surface area contributed by atoms with Crippen molar-refractivity contribution in [3.8, 4) is 0 Å². The molecule has 1 aliphatic rings. The molecule has 0 bridgehead atoms. The lowest BCUT2D eigenvalue weighted by Crippen LogP contribution is -2.49. The van der Waals surface area contributed by atoms with Crippen molar-refractivity contribution in [3.63, 3.8) is 0 Å². The molecule has 170 valence electrons. The maximum Gasteiger partial charge on any atom is 0.209 e. The molecule has 2 aromatic rings. The van der Waals surface area contributed by atoms with Gasteiger partial charge in [-0.25, -0.2) is 21.9 Å². The van der Waals surface area contributed by atoms with Gasteiger partial charge >= 0.3 is 0 Å². The Morgan fingerprint density at radius 1 is 1.13 bits per heavy atom. The zero-order chi connectivity index (χ0) is 22.6. The second-order valence-electron chi connectivity index (χ2n) is 8.29. The van der Waals surface area contributed by atoms with Gasteiger partial charge in [0, 0.05) is 18.7 Å². The summed E-state index contributed by atoms with van der Waals surface area (Å²) in [6.45, 7) is 2.25. The van der Waals surface area contributed by atoms with Gasteiger partial charge in [0.25, 0.3) is 0 Å². The van der Waals surface area contributed by atoms with Crippen LogP contribution in [0, 0.1) is 11.6 Å². The van der Waals surface area contributed by atoms with Crippen molar-refractivity contribution in [2.75, 3.05) is 12.8 Å². The van der Waals surface area contributed by atoms with Crippen LogP contribution in [0.25, 0.3) is 0 Å². The number of benzene rings is 2. The lowest BCUT2D eigenvalue weighted by Gasteiger charge is -2.30. The highest BCUT2D eigenvalue weighted by Crippen LogP contribution is 2.30. The first-order chi connectivity index (χ1) is 14.6. The molecule has 3 N–H and O–H groups in total. The molecule has 0 unspecified atom stereocenters. The lowest BCUT2D eigenvalue weighted by atomic mass is 9.86. The fourth-order valence-corrected chi connectivity index (χ4v) is 4.99. The van der Waals surface area contributed by atoms with E-state index in [9.17, 15) is 22.3 Å². The van der Waals surface area contributed by atoms with E-state index >= 15 is 0 Å². The zero-order valence-corrected chi connectivity index (χ0v) is 18.7. The lowest BCUT2D eigenvalue weighted by molar-refractivity contribution is 0.130. The normalized spacial score (nSPS) is 18.4. The highest BCUT2D eigenvalue weighted by molar-refractivity contribution is 7.88. The van der Waals surface area contributed by atoms with Crippen molar-refractivity contribution in [1.29, 1.82) is 0 Å². The molecule has 0 aliphatic heterocycles. The van der Waals surface area contributed by atoms with Crippen molar-refractivity contribution in [3.05, 3.63) is 70.3 Å². The van der Waals surface area contributed by atoms with Crippen LogP contribution < -0.4 is 10.0 Å². The number of hydrogen-bond donors (Lipinski definition) is 3. The Kier molecular flexibility index (Phi) is 7.80. The summed E-state index contributed by atoms with van der Waals surface area (Å²) in [5.74, 6) is -1.49. The largest absolute Gasteiger partial charge is 0.390 e. The standard InChI is InChI=1S/C23H30F2N2O3S/c1-3-15-7-8-17-5-4-6-21(20(17)11-15)26-14-23(28)22(27-31(2,29)30)12-16-9-18(24)13-19(25)10-16/h7-11,13,21-23,26-28H,3-6,12,14H2,1-2H3/t21-,22-,23-/m0/s1. The summed E-state index contributed by atoms with van der Waals surface area (Å²) < 4.78 is 53.2. The molecule has 31 heavy (non-hydrogen) atoms. The molecule has 0 aromatic heterocycles. The minimum Gasteiger partial charge on any atom is -0.390 e. The number of sulfonamides is 1. The molecular weight excluding hydrogens is 422 g/mol. The van der Waals surface area contributed by atoms with E-state index in [1.54, 1.807) is 0 Å². The average Bonchev–Trinajstić information content (AvgIpc) is 2.69. The van der Waals surface area contributed by atoms with Crippen LogP contribution in [-0.2, 0) is 29.3 Å². The van der Waals surface area contributed by atoms with Gasteiger partial charge in [0.15, 0.2) is 0 Å². The molecule has 5 nitrogen and oxygen atoms in total. The topological polar surface area (TPSA) is 78.4 Å². The van der Waals surface area contributed by atoms with E-state index in [1.165, 1.54) is 16.7 Å². The monoisotopic (exact) mass is 452 g/mol. The van der Waals surface area contributed by atoms with Gasteiger partial charge in [0.05, 0.1) is 18.4 Å². The van der Waals surface area contributed by atoms with Crippen LogP contribution >= 0.6 is 0 Å². The minimum atomic E-state index is -3.63. The van der Waals surface area contributed by atoms with Crippen LogP contribution in [0.4, 0.5) is 8.78 Å². The SMILES string of the molecule is CCc1ccc2c(c1)[C@@H](NC[C@H](O)[C@H](Cc1cc(F)cc(F)c1)NS(C)(=O)=O)CCC2. The first-order valence-corrected chi connectivity index (χ1v) is 12.5. The molecule has 2 aromatic carbocycles. The van der Waals surface area contributed by atoms with Crippen LogP contribution in [0.3, 0.4) is 0 Å². The second-order valence-corrected chi connectivity index (χ2v) is 10.1. The first kappa shape index (κ1) is 23.8. The molecular formula is C23H30F2N2O3S. The molecule has 0 heterocycles. The first-order valence-electron chi connectivity index (χ1n) is 10.6. The summed E-state index contributed by atoms with van der Waals surface area (Å²) >= 11 is 0. The van der Waals surface area contributed by atoms with E-state index in [2.05, 4.69) is 35.2 Å². The Labute approximate surface area is 182 Å². The van der Waals surface area contributed by atoms with Crippen molar-refractivity contribution >= 4 is 10.0 Å². The number of aliphatic hydroxyl groups is 1. The Bertz CT molecular complexity index is 994. The summed E-state index contributed by atoms with van der Waals surface area (Å²) in [6.07, 6.45) is 3.78. The third-order valence-electron chi connectivity index (χ3n) is 5.71. The van der Waals surface area contributed by atoms with E-state index in [4.69, 9.17) is 0 Å². The molecule has 0 radical (unpaired) electrons. The highest BCUT2D eigenvalue weighted by atomic mass is 32.2. The molecule has 3 rings (SSSR count). The number of fused-ring (bicyclic) bond motifs is 1. The van der Waals surface area contributed by atoms with Crippen LogP contribution in [0.1, 0.15) is 48.1 Å². The third-order valence-corrected chi connectivity index (χ3v) is 6.45. The van der Waals surface area contributed by atoms with Crippen LogP contribution in [-0.4, -0.2) is 38.5 Å². The Morgan fingerprint density at radius 3 is 2.48 bits per heavy atom. The number of rotatable bonds is 9. The zero-order valence-electron chi connectivity index (χ0n) is 17.9. The molecule has 0 spiro atoms. The maximum absolute atomic E-state index is 13.6. The predicted molar refractivity (Wildman–Crippen MR) is 117 cm³/mol. The molecule has 1 aliphatic carbocycles. The second kappa shape index (κ2) is 10.2. The fraction of sp³-hybridized carbons (Fsp3) is 0.478. The van der Waals surface area contributed by atoms with Crippen molar-refractivity contribution < 1.29 is 22.3 Å². The van der Waals surface area contributed by atoms with Gasteiger partial charge < -0.3 is 10.4 Å². The summed E-state index contributed by atoms with van der Waals surface area (Å²) in [7, 11) is -3.63. The van der Waals surface area contributed by atoms with Gasteiger partial charge in [0.2, 0.25) is 10.0 Å². The average molecular weight is 453 g/mol. The number of hydrogen-bond acceptors (Lipinski definition) is 4. The Hall–Kier alpha value is -1.87. The van der Waals surface area contributed by atoms with Crippen molar-refractivity contribution in [1.82, 2.24) is 10.0 Å². The van der Waals surface area contributed by atoms with Gasteiger partial charge in [-0.1, -0.05) is 25.1 Å². The van der Waals surface area contributed by atoms with Crippen LogP contribution in [0.15, 0.2) is 36.4 Å². The van der Waals surface area contributed by atoms with E-state index in [0.717, 1.165) is 50.1 Å². The quantitative estimate of drug-likeness (QED) is 0.547. The van der Waals surface area contributed by atoms with Crippen LogP contribution in [0.2, 0.25) is 0 Å². The van der Waals surface area contributed by atoms with Gasteiger partial charge in [-0.05, 0) is 66.5 Å². The molecule has 8 heteroatoms. The summed E-state index contributed by atoms with van der Waals surface area (Å²) in [5.41, 5.74) is 4.03. The summed E-state index contributed by atoms with van der Waals surface area (Å²) in [6, 6.07) is 8.68. The number of aliphatic hydroxyl groups excluding tert-OH is 1.